The molecule has 1 atom stereocenters. The van der Waals surface area contributed by atoms with Crippen LogP contribution < -0.4 is 14.8 Å². The Bertz CT molecular complexity index is 1590. The summed E-state index contributed by atoms with van der Waals surface area (Å²) in [5.41, 5.74) is 1.87. The van der Waals surface area contributed by atoms with Crippen molar-refractivity contribution in [2.24, 2.45) is 0 Å². The molecule has 0 saturated heterocycles. The molecule has 0 unspecified atom stereocenters. The van der Waals surface area contributed by atoms with Gasteiger partial charge in [0.05, 0.1) is 11.5 Å². The van der Waals surface area contributed by atoms with E-state index in [9.17, 15) is 27.5 Å². The summed E-state index contributed by atoms with van der Waals surface area (Å²) in [6.07, 6.45) is 0.240. The molecule has 4 rings (SSSR count). The van der Waals surface area contributed by atoms with Gasteiger partial charge in [0.15, 0.2) is 6.61 Å². The van der Waals surface area contributed by atoms with Crippen LogP contribution in [-0.4, -0.2) is 56.0 Å². The molecule has 0 aliphatic carbocycles. The first-order valence-corrected chi connectivity index (χ1v) is 15.0. The molecule has 0 spiro atoms. The standard InChI is InChI=1S/C32H32FN3O6S/c33-26-11-13-27(14-12-26)35-43(40,41)29-17-15-28(16-18-29)42-23-31(38)36(22-25-9-5-2-6-10-25)30(32(39)34-19-20-37)21-24-7-3-1-4-8-24/h1-18,30,35,37H,19-23H2,(H,34,39)/t30-/m0/s1. The maximum absolute atomic E-state index is 13.6. The Morgan fingerprint density at radius 3 is 2.05 bits per heavy atom. The van der Waals surface area contributed by atoms with Crippen LogP contribution in [0.1, 0.15) is 11.1 Å². The van der Waals surface area contributed by atoms with Crippen LogP contribution in [-0.2, 0) is 32.6 Å². The fourth-order valence-corrected chi connectivity index (χ4v) is 5.36. The van der Waals surface area contributed by atoms with Gasteiger partial charge in [-0.15, -0.1) is 0 Å². The molecule has 3 N–H and O–H groups in total. The zero-order valence-electron chi connectivity index (χ0n) is 23.2. The molecular weight excluding hydrogens is 573 g/mol. The number of carbonyl (C=O) groups excluding carboxylic acids is 2. The van der Waals surface area contributed by atoms with Gasteiger partial charge in [0.1, 0.15) is 17.6 Å². The molecule has 0 heterocycles. The Hall–Kier alpha value is -4.74. The molecule has 11 heteroatoms. The van der Waals surface area contributed by atoms with E-state index < -0.39 is 40.3 Å². The van der Waals surface area contributed by atoms with E-state index in [1.54, 1.807) is 0 Å². The van der Waals surface area contributed by atoms with Crippen LogP contribution in [0.3, 0.4) is 0 Å². The third-order valence-corrected chi connectivity index (χ3v) is 7.87. The average molecular weight is 606 g/mol. The van der Waals surface area contributed by atoms with E-state index in [1.807, 2.05) is 60.7 Å². The number of nitrogens with one attached hydrogen (secondary N) is 2. The Morgan fingerprint density at radius 1 is 0.837 bits per heavy atom. The minimum atomic E-state index is -3.95. The highest BCUT2D eigenvalue weighted by atomic mass is 32.2. The minimum Gasteiger partial charge on any atom is -0.484 e. The van der Waals surface area contributed by atoms with Gasteiger partial charge >= 0.3 is 0 Å². The first kappa shape index (κ1) is 31.2. The van der Waals surface area contributed by atoms with Gasteiger partial charge in [0.25, 0.3) is 15.9 Å². The van der Waals surface area contributed by atoms with Crippen LogP contribution in [0.5, 0.6) is 5.75 Å². The van der Waals surface area contributed by atoms with E-state index in [2.05, 4.69) is 10.0 Å². The lowest BCUT2D eigenvalue weighted by Crippen LogP contribution is -2.52. The van der Waals surface area contributed by atoms with Crippen LogP contribution in [0.25, 0.3) is 0 Å². The predicted molar refractivity (Wildman–Crippen MR) is 160 cm³/mol. The SMILES string of the molecule is O=C(NCCO)[C@H](Cc1ccccc1)N(Cc1ccccc1)C(=O)COc1ccc(S(=O)(=O)Nc2ccc(F)cc2)cc1. The van der Waals surface area contributed by atoms with Crippen molar-refractivity contribution in [3.63, 3.8) is 0 Å². The summed E-state index contributed by atoms with van der Waals surface area (Å²) in [4.78, 5) is 28.3. The fourth-order valence-electron chi connectivity index (χ4n) is 4.31. The lowest BCUT2D eigenvalue weighted by atomic mass is 10.0. The summed E-state index contributed by atoms with van der Waals surface area (Å²) in [5, 5.41) is 11.9. The second-order valence-corrected chi connectivity index (χ2v) is 11.3. The molecular formula is C32H32FN3O6S. The van der Waals surface area contributed by atoms with Crippen molar-refractivity contribution < 1.29 is 32.2 Å². The Labute approximate surface area is 250 Å². The summed E-state index contributed by atoms with van der Waals surface area (Å²) in [5.74, 6) is -1.11. The average Bonchev–Trinajstić information content (AvgIpc) is 3.02. The van der Waals surface area contributed by atoms with Gasteiger partial charge in [0, 0.05) is 25.2 Å². The minimum absolute atomic E-state index is 0.0409. The van der Waals surface area contributed by atoms with Crippen LogP contribution in [0, 0.1) is 5.82 Å². The number of aliphatic hydroxyl groups excluding tert-OH is 1. The molecule has 0 aromatic heterocycles. The van der Waals surface area contributed by atoms with E-state index in [0.29, 0.717) is 0 Å². The summed E-state index contributed by atoms with van der Waals surface area (Å²) in [6, 6.07) is 28.1. The Balaban J connectivity index is 1.50. The molecule has 4 aromatic carbocycles. The van der Waals surface area contributed by atoms with Crippen molar-refractivity contribution >= 4 is 27.5 Å². The van der Waals surface area contributed by atoms with Crippen molar-refractivity contribution in [1.82, 2.24) is 10.2 Å². The van der Waals surface area contributed by atoms with Crippen LogP contribution in [0.15, 0.2) is 114 Å². The first-order valence-electron chi connectivity index (χ1n) is 13.5. The van der Waals surface area contributed by atoms with Gasteiger partial charge in [-0.2, -0.15) is 0 Å². The van der Waals surface area contributed by atoms with Gasteiger partial charge in [-0.1, -0.05) is 60.7 Å². The summed E-state index contributed by atoms with van der Waals surface area (Å²) < 4.78 is 46.7. The highest BCUT2D eigenvalue weighted by Crippen LogP contribution is 2.21. The van der Waals surface area contributed by atoms with Crippen LogP contribution in [0.4, 0.5) is 10.1 Å². The van der Waals surface area contributed by atoms with E-state index >= 15 is 0 Å². The fraction of sp³-hybridized carbons (Fsp3) is 0.188. The molecule has 9 nitrogen and oxygen atoms in total. The molecule has 0 radical (unpaired) electrons. The van der Waals surface area contributed by atoms with E-state index in [1.165, 1.54) is 41.3 Å². The summed E-state index contributed by atoms with van der Waals surface area (Å²) in [7, 11) is -3.95. The molecule has 43 heavy (non-hydrogen) atoms. The number of hydrogen-bond donors (Lipinski definition) is 3. The normalized spacial score (nSPS) is 11.8. The van der Waals surface area contributed by atoms with Crippen molar-refractivity contribution in [3.05, 3.63) is 126 Å². The third-order valence-electron chi connectivity index (χ3n) is 6.47. The lowest BCUT2D eigenvalue weighted by Gasteiger charge is -2.31. The number of amides is 2. The Kier molecular flexibility index (Phi) is 10.8. The number of rotatable bonds is 14. The predicted octanol–water partition coefficient (Wildman–Crippen LogP) is 3.75. The molecule has 4 aromatic rings. The van der Waals surface area contributed by atoms with Gasteiger partial charge in [-0.05, 0) is 59.7 Å². The maximum atomic E-state index is 13.6. The number of aliphatic hydroxyl groups is 1. The van der Waals surface area contributed by atoms with Crippen LogP contribution >= 0.6 is 0 Å². The van der Waals surface area contributed by atoms with E-state index in [-0.39, 0.29) is 42.4 Å². The summed E-state index contributed by atoms with van der Waals surface area (Å²) in [6.45, 7) is -0.478. The zero-order chi connectivity index (χ0) is 30.7. The second-order valence-electron chi connectivity index (χ2n) is 9.60. The number of nitrogens with zero attached hydrogens (tertiary/aromatic N) is 1. The van der Waals surface area contributed by atoms with Crippen molar-refractivity contribution in [2.75, 3.05) is 24.5 Å². The van der Waals surface area contributed by atoms with Crippen molar-refractivity contribution in [3.8, 4) is 5.75 Å². The number of anilines is 1. The second kappa shape index (κ2) is 14.9. The lowest BCUT2D eigenvalue weighted by molar-refractivity contribution is -0.142. The number of sulfonamides is 1. The topological polar surface area (TPSA) is 125 Å². The van der Waals surface area contributed by atoms with Crippen molar-refractivity contribution in [2.45, 2.75) is 23.9 Å². The number of carbonyl (C=O) groups is 2. The van der Waals surface area contributed by atoms with E-state index in [0.717, 1.165) is 23.3 Å². The maximum Gasteiger partial charge on any atom is 0.261 e. The van der Waals surface area contributed by atoms with Gasteiger partial charge < -0.3 is 20.1 Å². The first-order chi connectivity index (χ1) is 20.7. The highest BCUT2D eigenvalue weighted by molar-refractivity contribution is 7.92. The number of benzene rings is 4. The smallest absolute Gasteiger partial charge is 0.261 e. The number of ether oxygens (including phenoxy) is 1. The van der Waals surface area contributed by atoms with E-state index in [4.69, 9.17) is 4.74 Å². The van der Waals surface area contributed by atoms with Gasteiger partial charge in [-0.3, -0.25) is 14.3 Å². The quantitative estimate of drug-likeness (QED) is 0.201. The monoisotopic (exact) mass is 605 g/mol. The molecule has 0 saturated carbocycles. The number of halogens is 1. The van der Waals surface area contributed by atoms with Crippen molar-refractivity contribution in [1.29, 1.82) is 0 Å². The van der Waals surface area contributed by atoms with Gasteiger partial charge in [0.2, 0.25) is 5.91 Å². The Morgan fingerprint density at radius 2 is 1.44 bits per heavy atom. The highest BCUT2D eigenvalue weighted by Gasteiger charge is 2.30. The number of hydrogen-bond acceptors (Lipinski definition) is 6. The molecule has 0 bridgehead atoms. The molecule has 224 valence electrons. The molecule has 0 aliphatic heterocycles. The largest absolute Gasteiger partial charge is 0.484 e. The summed E-state index contributed by atoms with van der Waals surface area (Å²) >= 11 is 0. The van der Waals surface area contributed by atoms with Gasteiger partial charge in [-0.25, -0.2) is 12.8 Å². The molecule has 2 amide bonds. The zero-order valence-corrected chi connectivity index (χ0v) is 24.0. The van der Waals surface area contributed by atoms with Crippen LogP contribution in [0.2, 0.25) is 0 Å². The molecule has 0 fully saturated rings. The third kappa shape index (κ3) is 9.12. The molecule has 0 aliphatic rings.